The zero-order valence-electron chi connectivity index (χ0n) is 24.3. The van der Waals surface area contributed by atoms with Crippen molar-refractivity contribution >= 4 is 12.0 Å². The molecule has 0 bridgehead atoms. The number of unbranched alkanes of at least 4 members (excludes halogenated alkanes) is 11. The van der Waals surface area contributed by atoms with E-state index in [4.69, 9.17) is 14.2 Å². The van der Waals surface area contributed by atoms with Crippen LogP contribution in [-0.4, -0.2) is 49.4 Å². The zero-order chi connectivity index (χ0) is 27.4. The summed E-state index contributed by atoms with van der Waals surface area (Å²) in [5.41, 5.74) is 0.879. The van der Waals surface area contributed by atoms with Crippen LogP contribution in [-0.2, 0) is 32.1 Å². The Kier molecular flexibility index (Phi) is 17.0. The summed E-state index contributed by atoms with van der Waals surface area (Å²) in [6.07, 6.45) is 18.1. The van der Waals surface area contributed by atoms with E-state index in [1.54, 1.807) is 0 Å². The molecule has 216 valence electrons. The molecule has 1 aromatic rings. The van der Waals surface area contributed by atoms with Crippen molar-refractivity contribution in [3.05, 3.63) is 30.1 Å². The lowest BCUT2D eigenvalue weighted by atomic mass is 10.1. The van der Waals surface area contributed by atoms with E-state index < -0.39 is 6.09 Å². The second kappa shape index (κ2) is 20.0. The van der Waals surface area contributed by atoms with Crippen molar-refractivity contribution in [2.24, 2.45) is 5.92 Å². The predicted molar refractivity (Wildman–Crippen MR) is 150 cm³/mol. The summed E-state index contributed by atoms with van der Waals surface area (Å²) in [5.74, 6) is -0.00861. The highest BCUT2D eigenvalue weighted by Crippen LogP contribution is 2.21. The standard InChI is InChI=1S/C31H53N2O5/c1-4-6-7-8-9-10-11-12-13-14-15-18-21-36-24-28-22-30(37-25-28)26-38-31(35)33(27(3)34)23-29-19-16-17-20-32(29)5-2/h16-17,19-20,28,30H,4-15,18,21-26H2,1-3H3/q+1/t28-,30-/m0/s1. The van der Waals surface area contributed by atoms with Gasteiger partial charge < -0.3 is 14.2 Å². The first kappa shape index (κ1) is 32.2. The maximum Gasteiger partial charge on any atom is 0.417 e. The fourth-order valence-electron chi connectivity index (χ4n) is 4.98. The average molecular weight is 534 g/mol. The van der Waals surface area contributed by atoms with E-state index in [1.165, 1.54) is 77.6 Å². The van der Waals surface area contributed by atoms with Crippen molar-refractivity contribution in [1.82, 2.24) is 4.90 Å². The molecule has 1 saturated heterocycles. The maximum atomic E-state index is 12.6. The van der Waals surface area contributed by atoms with E-state index in [0.29, 0.717) is 19.1 Å². The zero-order valence-corrected chi connectivity index (χ0v) is 24.3. The van der Waals surface area contributed by atoms with Gasteiger partial charge >= 0.3 is 6.09 Å². The van der Waals surface area contributed by atoms with Crippen LogP contribution in [0.3, 0.4) is 0 Å². The smallest absolute Gasteiger partial charge is 0.417 e. The molecule has 7 heteroatoms. The summed E-state index contributed by atoms with van der Waals surface area (Å²) in [6, 6.07) is 5.74. The molecule has 2 amide bonds. The number of hydrogen-bond donors (Lipinski definition) is 0. The van der Waals surface area contributed by atoms with Crippen LogP contribution in [0.1, 0.15) is 110 Å². The number of aryl methyl sites for hydroxylation is 1. The Hall–Kier alpha value is -1.99. The summed E-state index contributed by atoms with van der Waals surface area (Å²) in [4.78, 5) is 25.9. The van der Waals surface area contributed by atoms with E-state index in [-0.39, 0.29) is 25.2 Å². The molecule has 1 aliphatic rings. The second-order valence-electron chi connectivity index (χ2n) is 10.7. The molecule has 0 N–H and O–H groups in total. The minimum absolute atomic E-state index is 0.148. The fraction of sp³-hybridized carbons (Fsp3) is 0.774. The highest BCUT2D eigenvalue weighted by atomic mass is 16.6. The molecule has 0 spiro atoms. The van der Waals surface area contributed by atoms with E-state index >= 15 is 0 Å². The number of imide groups is 1. The first-order valence-electron chi connectivity index (χ1n) is 15.2. The number of amides is 2. The molecular formula is C31H53N2O5+. The highest BCUT2D eigenvalue weighted by Gasteiger charge is 2.29. The maximum absolute atomic E-state index is 12.6. The van der Waals surface area contributed by atoms with Gasteiger partial charge in [0.1, 0.15) is 19.7 Å². The van der Waals surface area contributed by atoms with Gasteiger partial charge in [0.15, 0.2) is 6.20 Å². The van der Waals surface area contributed by atoms with Gasteiger partial charge in [0.25, 0.3) is 0 Å². The SMILES string of the molecule is CCCCCCCCCCCCCCOC[C@H]1CO[C@H](COC(=O)N(Cc2cccc[n+]2CC)C(C)=O)C1. The largest absolute Gasteiger partial charge is 0.446 e. The number of hydrogen-bond acceptors (Lipinski definition) is 5. The van der Waals surface area contributed by atoms with Crippen LogP contribution in [0.4, 0.5) is 4.79 Å². The molecule has 1 fully saturated rings. The van der Waals surface area contributed by atoms with Gasteiger partial charge in [-0.15, -0.1) is 0 Å². The van der Waals surface area contributed by atoms with Crippen molar-refractivity contribution in [1.29, 1.82) is 0 Å². The van der Waals surface area contributed by atoms with Gasteiger partial charge in [0.05, 0.1) is 19.3 Å². The minimum Gasteiger partial charge on any atom is -0.446 e. The third-order valence-corrected chi connectivity index (χ3v) is 7.35. The molecule has 2 rings (SSSR count). The van der Waals surface area contributed by atoms with Gasteiger partial charge in [-0.2, -0.15) is 0 Å². The molecule has 38 heavy (non-hydrogen) atoms. The Morgan fingerprint density at radius 2 is 1.61 bits per heavy atom. The topological polar surface area (TPSA) is 69.0 Å². The van der Waals surface area contributed by atoms with Crippen LogP contribution in [0.15, 0.2) is 24.4 Å². The molecule has 0 radical (unpaired) electrons. The second-order valence-corrected chi connectivity index (χ2v) is 10.7. The Morgan fingerprint density at radius 1 is 0.947 bits per heavy atom. The van der Waals surface area contributed by atoms with Crippen molar-refractivity contribution in [2.45, 2.75) is 123 Å². The van der Waals surface area contributed by atoms with Gasteiger partial charge in [-0.1, -0.05) is 83.6 Å². The molecule has 1 aliphatic heterocycles. The molecule has 0 saturated carbocycles. The first-order valence-corrected chi connectivity index (χ1v) is 15.2. The quantitative estimate of drug-likeness (QED) is 0.139. The number of rotatable bonds is 20. The lowest BCUT2D eigenvalue weighted by Gasteiger charge is -2.19. The summed E-state index contributed by atoms with van der Waals surface area (Å²) in [6.45, 7) is 8.89. The molecule has 2 heterocycles. The lowest BCUT2D eigenvalue weighted by molar-refractivity contribution is -0.701. The van der Waals surface area contributed by atoms with Crippen molar-refractivity contribution in [3.63, 3.8) is 0 Å². The molecule has 2 atom stereocenters. The third kappa shape index (κ3) is 13.2. The third-order valence-electron chi connectivity index (χ3n) is 7.35. The number of carbonyl (C=O) groups is 2. The molecule has 0 unspecified atom stereocenters. The molecule has 7 nitrogen and oxygen atoms in total. The van der Waals surface area contributed by atoms with Crippen LogP contribution in [0.5, 0.6) is 0 Å². The molecular weight excluding hydrogens is 480 g/mol. The summed E-state index contributed by atoms with van der Waals surface area (Å²) in [7, 11) is 0. The van der Waals surface area contributed by atoms with Crippen molar-refractivity contribution < 1.29 is 28.4 Å². The van der Waals surface area contributed by atoms with Crippen molar-refractivity contribution in [2.75, 3.05) is 26.4 Å². The van der Waals surface area contributed by atoms with Gasteiger partial charge in [-0.05, 0) is 19.8 Å². The Morgan fingerprint density at radius 3 is 2.24 bits per heavy atom. The van der Waals surface area contributed by atoms with Crippen LogP contribution in [0.2, 0.25) is 0 Å². The van der Waals surface area contributed by atoms with Crippen LogP contribution in [0.25, 0.3) is 0 Å². The van der Waals surface area contributed by atoms with Gasteiger partial charge in [0, 0.05) is 31.6 Å². The Labute approximate surface area is 231 Å². The van der Waals surface area contributed by atoms with E-state index in [2.05, 4.69) is 6.92 Å². The Balaban J connectivity index is 1.50. The van der Waals surface area contributed by atoms with Crippen LogP contribution in [0, 0.1) is 5.92 Å². The van der Waals surface area contributed by atoms with E-state index in [0.717, 1.165) is 36.6 Å². The summed E-state index contributed by atoms with van der Waals surface area (Å²) in [5, 5.41) is 0. The summed E-state index contributed by atoms with van der Waals surface area (Å²) < 4.78 is 19.2. The Bertz CT molecular complexity index is 787. The number of pyridine rings is 1. The normalized spacial score (nSPS) is 17.0. The van der Waals surface area contributed by atoms with Gasteiger partial charge in [-0.25, -0.2) is 14.3 Å². The fourth-order valence-corrected chi connectivity index (χ4v) is 4.98. The highest BCUT2D eigenvalue weighted by molar-refractivity contribution is 5.90. The lowest BCUT2D eigenvalue weighted by Crippen LogP contribution is -2.43. The van der Waals surface area contributed by atoms with Crippen molar-refractivity contribution in [3.8, 4) is 0 Å². The molecule has 0 aliphatic carbocycles. The number of aromatic nitrogens is 1. The van der Waals surface area contributed by atoms with Gasteiger partial charge in [0.2, 0.25) is 11.6 Å². The van der Waals surface area contributed by atoms with E-state index in [9.17, 15) is 9.59 Å². The van der Waals surface area contributed by atoms with Crippen LogP contribution < -0.4 is 4.57 Å². The predicted octanol–water partition coefficient (Wildman–Crippen LogP) is 6.60. The number of carbonyl (C=O) groups excluding carboxylic acids is 2. The monoisotopic (exact) mass is 533 g/mol. The summed E-state index contributed by atoms with van der Waals surface area (Å²) >= 11 is 0. The van der Waals surface area contributed by atoms with Crippen LogP contribution >= 0.6 is 0 Å². The minimum atomic E-state index is -0.626. The molecule has 1 aromatic heterocycles. The van der Waals surface area contributed by atoms with E-state index in [1.807, 2.05) is 35.9 Å². The average Bonchev–Trinajstić information content (AvgIpc) is 3.38. The number of ether oxygens (including phenoxy) is 3. The molecule has 0 aromatic carbocycles. The first-order chi connectivity index (χ1) is 18.5. The van der Waals surface area contributed by atoms with Gasteiger partial charge in [-0.3, -0.25) is 4.79 Å². The number of nitrogens with zero attached hydrogens (tertiary/aromatic N) is 2.